The third-order valence-electron chi connectivity index (χ3n) is 0. The van der Waals surface area contributed by atoms with Gasteiger partial charge >= 0.3 is 63.9 Å². The van der Waals surface area contributed by atoms with Crippen LogP contribution in [-0.2, 0) is 0 Å². The Morgan fingerprint density at radius 3 is 1.00 bits per heavy atom. The summed E-state index contributed by atoms with van der Waals surface area (Å²) in [5, 5.41) is 21.5. The first-order valence-corrected chi connectivity index (χ1v) is 0.775. The zero-order valence-corrected chi connectivity index (χ0v) is 4.39. The van der Waals surface area contributed by atoms with Crippen molar-refractivity contribution in [2.45, 2.75) is 0 Å². The molecule has 0 spiro atoms. The Kier molecular flexibility index (Phi) is 51.5. The van der Waals surface area contributed by atoms with Crippen molar-refractivity contribution in [1.29, 1.82) is 0 Å². The smallest absolute Gasteiger partial charge is 0 e. The van der Waals surface area contributed by atoms with Gasteiger partial charge in [0.05, 0.1) is 0 Å². The zero-order valence-electron chi connectivity index (χ0n) is 2.25. The molecule has 0 bridgehead atoms. The van der Waals surface area contributed by atoms with E-state index in [-0.39, 0.29) is 95.2 Å². The molecule has 7 heavy (non-hydrogen) atoms. The topological polar surface area (TPSA) is 60.7 Å². The maximum Gasteiger partial charge on any atom is 0 e. The Balaban J connectivity index is -0.0000000150. The van der Waals surface area contributed by atoms with Crippen LogP contribution in [0.25, 0.3) is 0 Å². The molecule has 39 valence electrons. The van der Waals surface area contributed by atoms with Gasteiger partial charge in [-0.25, -0.2) is 0 Å². The Morgan fingerprint density at radius 2 is 1.00 bits per heavy atom. The third-order valence-corrected chi connectivity index (χ3v) is 0. The van der Waals surface area contributed by atoms with E-state index in [0.29, 0.717) is 0 Å². The van der Waals surface area contributed by atoms with E-state index in [9.17, 15) is 0 Å². The first-order chi connectivity index (χ1) is 1.73. The standard InChI is InChI=1S/BH3O3.Ca.Li.Tb.3H/c2-1(3)4;;;;;;/h2-4H;;;;;;. The van der Waals surface area contributed by atoms with Gasteiger partial charge in [0.15, 0.2) is 0 Å². The van der Waals surface area contributed by atoms with Gasteiger partial charge < -0.3 is 15.1 Å². The molecule has 0 aromatic rings. The Hall–Kier alpha value is 3.09. The minimum absolute atomic E-state index is 0. The molecule has 3 N–H and O–H groups in total. The van der Waals surface area contributed by atoms with Gasteiger partial charge in [-0.05, 0) is 0 Å². The second-order valence-corrected chi connectivity index (χ2v) is 0.346. The first kappa shape index (κ1) is 22.5. The van der Waals surface area contributed by atoms with E-state index < -0.39 is 7.32 Å². The van der Waals surface area contributed by atoms with E-state index in [2.05, 4.69) is 0 Å². The molecule has 0 amide bonds. The quantitative estimate of drug-likeness (QED) is 0.399. The summed E-state index contributed by atoms with van der Waals surface area (Å²) in [7, 11) is -2.17. The van der Waals surface area contributed by atoms with Gasteiger partial charge in [-0.2, -0.15) is 0 Å². The van der Waals surface area contributed by atoms with Gasteiger partial charge in [-0.15, -0.1) is 0 Å². The molecule has 0 rings (SSSR count). The number of hydrogen-bond acceptors (Lipinski definition) is 3. The molecule has 0 fully saturated rings. The number of rotatable bonds is 0. The average Bonchev–Trinajstić information content (AvgIpc) is 0.811. The van der Waals surface area contributed by atoms with Gasteiger partial charge in [0.25, 0.3) is 0 Å². The van der Waals surface area contributed by atoms with E-state index in [0.717, 1.165) is 0 Å². The van der Waals surface area contributed by atoms with Crippen LogP contribution >= 0.6 is 0 Å². The molecular weight excluding hydrogens is 265 g/mol. The normalized spacial score (nSPS) is 3.86. The van der Waals surface area contributed by atoms with Crippen LogP contribution in [0.4, 0.5) is 0 Å². The largest absolute Gasteiger partial charge is 0 e. The van der Waals surface area contributed by atoms with Crippen LogP contribution in [0.1, 0.15) is 0 Å². The fraction of sp³-hybridized carbons (Fsp3) is 0. The van der Waals surface area contributed by atoms with Crippen LogP contribution in [-0.4, -0.2) is 79.0 Å². The van der Waals surface area contributed by atoms with Gasteiger partial charge in [-0.3, -0.25) is 0 Å². The second kappa shape index (κ2) is 16.0. The Bertz CT molecular complexity index is 19.7. The summed E-state index contributed by atoms with van der Waals surface area (Å²) in [6.07, 6.45) is 0. The van der Waals surface area contributed by atoms with E-state index >= 15 is 0 Å². The molecule has 7 heteroatoms. The molecule has 0 saturated carbocycles. The minimum Gasteiger partial charge on any atom is 0 e. The molecule has 0 aliphatic carbocycles. The van der Waals surface area contributed by atoms with Crippen molar-refractivity contribution in [1.82, 2.24) is 0 Å². The monoisotopic (exact) mass is 271 g/mol. The molecule has 0 unspecified atom stereocenters. The average molecular weight is 271 g/mol. The summed E-state index contributed by atoms with van der Waals surface area (Å²) in [6, 6.07) is 0. The second-order valence-electron chi connectivity index (χ2n) is 0.346. The summed E-state index contributed by atoms with van der Waals surface area (Å²) in [5.41, 5.74) is 0. The Morgan fingerprint density at radius 1 is 1.00 bits per heavy atom. The predicted molar refractivity (Wildman–Crippen MR) is 28.1 cm³/mol. The number of hydrogen-bond donors (Lipinski definition) is 3. The molecule has 0 aliphatic rings. The van der Waals surface area contributed by atoms with Crippen molar-refractivity contribution in [3.05, 3.63) is 0 Å². The van der Waals surface area contributed by atoms with E-state index in [1.165, 1.54) is 0 Å². The van der Waals surface area contributed by atoms with Crippen molar-refractivity contribution in [2.75, 3.05) is 0 Å². The van der Waals surface area contributed by atoms with Crippen LogP contribution < -0.4 is 0 Å². The van der Waals surface area contributed by atoms with Crippen molar-refractivity contribution in [2.24, 2.45) is 0 Å². The van der Waals surface area contributed by atoms with Crippen LogP contribution in [0.2, 0.25) is 0 Å². The van der Waals surface area contributed by atoms with Crippen molar-refractivity contribution >= 4 is 63.9 Å². The summed E-state index contributed by atoms with van der Waals surface area (Å²) < 4.78 is 0. The molecule has 0 aromatic carbocycles. The van der Waals surface area contributed by atoms with Crippen molar-refractivity contribution < 1.29 is 53.7 Å². The van der Waals surface area contributed by atoms with Crippen molar-refractivity contribution in [3.63, 3.8) is 0 Å². The van der Waals surface area contributed by atoms with Gasteiger partial charge in [-0.1, -0.05) is 0 Å². The summed E-state index contributed by atoms with van der Waals surface area (Å²) in [6.45, 7) is 0. The Labute approximate surface area is 115 Å². The molecule has 3 nitrogen and oxygen atoms in total. The third kappa shape index (κ3) is 47.9. The maximum atomic E-state index is 7.17. The van der Waals surface area contributed by atoms with Gasteiger partial charge in [0.1, 0.15) is 0 Å². The molecule has 1 radical (unpaired) electrons. The van der Waals surface area contributed by atoms with Crippen molar-refractivity contribution in [3.8, 4) is 0 Å². The van der Waals surface area contributed by atoms with Crippen LogP contribution in [0, 0.1) is 38.6 Å². The van der Waals surface area contributed by atoms with E-state index in [1.54, 1.807) is 0 Å². The first-order valence-electron chi connectivity index (χ1n) is 0.775. The molecular formula is H6BCaLiO3Tb. The molecule has 0 heterocycles. The summed E-state index contributed by atoms with van der Waals surface area (Å²) in [5.74, 6) is 0. The zero-order chi connectivity index (χ0) is 3.58. The van der Waals surface area contributed by atoms with Crippen LogP contribution in [0.3, 0.4) is 0 Å². The van der Waals surface area contributed by atoms with Crippen LogP contribution in [0.5, 0.6) is 0 Å². The van der Waals surface area contributed by atoms with E-state index in [4.69, 9.17) is 15.1 Å². The fourth-order valence-corrected chi connectivity index (χ4v) is 0. The fourth-order valence-electron chi connectivity index (χ4n) is 0. The summed E-state index contributed by atoms with van der Waals surface area (Å²) >= 11 is 0. The minimum atomic E-state index is -2.17. The van der Waals surface area contributed by atoms with Gasteiger partial charge in [0, 0.05) is 38.6 Å². The molecule has 0 atom stereocenters. The van der Waals surface area contributed by atoms with Gasteiger partial charge in [0.2, 0.25) is 0 Å². The van der Waals surface area contributed by atoms with E-state index in [1.807, 2.05) is 0 Å². The van der Waals surface area contributed by atoms with Crippen LogP contribution in [0.15, 0.2) is 0 Å². The predicted octanol–water partition coefficient (Wildman–Crippen LogP) is -3.62. The molecule has 0 aromatic heterocycles. The summed E-state index contributed by atoms with van der Waals surface area (Å²) in [4.78, 5) is 0. The molecule has 0 aliphatic heterocycles. The SMILES string of the molecule is OB(O)O.[CaH2].[LiH].[Tb]. The maximum absolute atomic E-state index is 7.17. The molecule has 0 saturated heterocycles.